The molecule has 0 amide bonds. The van der Waals surface area contributed by atoms with Gasteiger partial charge in [-0.25, -0.2) is 4.98 Å². The first kappa shape index (κ1) is 28.7. The summed E-state index contributed by atoms with van der Waals surface area (Å²) in [5.41, 5.74) is 5.09. The highest BCUT2D eigenvalue weighted by atomic mass is 32.1. The van der Waals surface area contributed by atoms with Gasteiger partial charge in [0.15, 0.2) is 0 Å². The van der Waals surface area contributed by atoms with Gasteiger partial charge < -0.3 is 4.74 Å². The fourth-order valence-electron chi connectivity index (χ4n) is 8.78. The van der Waals surface area contributed by atoms with E-state index in [2.05, 4.69) is 86.3 Å². The minimum absolute atomic E-state index is 0.114. The van der Waals surface area contributed by atoms with Crippen LogP contribution in [0.15, 0.2) is 200 Å². The van der Waals surface area contributed by atoms with Gasteiger partial charge in [0.1, 0.15) is 17.3 Å². The average molecular weight is 853 g/mol. The molecule has 12 aromatic rings. The molecule has 0 aliphatic heterocycles. The first-order valence-electron chi connectivity index (χ1n) is 25.9. The number of fused-ring (bicyclic) bond motifs is 8. The van der Waals surface area contributed by atoms with Gasteiger partial charge in [-0.1, -0.05) is 154 Å². The minimum atomic E-state index is -0.566. The standard InChI is InChI=1S/C58H42N4OS/c1-58(2,3)40-32-33-59-54(34-40)62-51-31-30-47-46-22-10-13-27-53(46)64-57(47)55(51)48-29-28-43(36-52(48)62)63-42-21-14-20-41(35-42)60-37-61(50-26-12-11-25-49(50)60)56-44(38-16-6-4-7-17-38)23-15-24-45(56)39-18-8-5-9-19-39/h4-36H,1-3H3/i4D,5D,6D,7D,8D,9D,16D,17D,18D,19D. The zero-order chi connectivity index (χ0) is 51.6. The van der Waals surface area contributed by atoms with Crippen molar-refractivity contribution in [1.82, 2.24) is 14.1 Å². The molecule has 0 N–H and O–H groups in total. The zero-order valence-corrected chi connectivity index (χ0v) is 35.7. The number of nitrogens with zero attached hydrogens (tertiary/aromatic N) is 4. The molecule has 4 heterocycles. The highest BCUT2D eigenvalue weighted by molar-refractivity contribution is 7.26. The van der Waals surface area contributed by atoms with Crippen LogP contribution >= 0.6 is 11.3 Å². The highest BCUT2D eigenvalue weighted by Gasteiger charge is 2.23. The molecule has 0 fully saturated rings. The van der Waals surface area contributed by atoms with E-state index in [1.54, 1.807) is 38.7 Å². The maximum Gasteiger partial charge on any atom is 0.269 e. The first-order chi connectivity index (χ1) is 35.5. The molecule has 4 aromatic heterocycles. The molecule has 6 heteroatoms. The number of hydrogen-bond donors (Lipinski definition) is 0. The predicted octanol–water partition coefficient (Wildman–Crippen LogP) is 15.0. The third-order valence-electron chi connectivity index (χ3n) is 11.8. The van der Waals surface area contributed by atoms with Crippen molar-refractivity contribution in [3.05, 3.63) is 212 Å². The largest absolute Gasteiger partial charge is 0.458 e. The molecule has 0 aliphatic carbocycles. The fourth-order valence-corrected chi connectivity index (χ4v) is 10.0. The minimum Gasteiger partial charge on any atom is -0.458 e. The summed E-state index contributed by atoms with van der Waals surface area (Å²) in [5.74, 6) is 1.90. The van der Waals surface area contributed by atoms with Crippen LogP contribution < -0.4 is 9.30 Å². The smallest absolute Gasteiger partial charge is 0.269 e. The van der Waals surface area contributed by atoms with E-state index in [0.29, 0.717) is 28.2 Å². The van der Waals surface area contributed by atoms with Gasteiger partial charge in [0.2, 0.25) is 0 Å². The molecular weight excluding hydrogens is 801 g/mol. The Morgan fingerprint density at radius 1 is 0.625 bits per heavy atom. The second-order valence-corrected chi connectivity index (χ2v) is 17.7. The molecule has 0 bridgehead atoms. The van der Waals surface area contributed by atoms with Crippen molar-refractivity contribution in [2.24, 2.45) is 0 Å². The third-order valence-corrected chi connectivity index (χ3v) is 13.0. The summed E-state index contributed by atoms with van der Waals surface area (Å²) in [6.45, 7) is 6.58. The van der Waals surface area contributed by atoms with Crippen molar-refractivity contribution in [2.75, 3.05) is 0 Å². The van der Waals surface area contributed by atoms with Crippen molar-refractivity contribution in [3.63, 3.8) is 0 Å². The van der Waals surface area contributed by atoms with E-state index in [1.165, 1.54) is 20.2 Å². The molecule has 306 valence electrons. The van der Waals surface area contributed by atoms with Crippen molar-refractivity contribution in [2.45, 2.75) is 26.2 Å². The average Bonchev–Trinajstić information content (AvgIpc) is 4.09. The van der Waals surface area contributed by atoms with Crippen LogP contribution in [0.3, 0.4) is 0 Å². The predicted molar refractivity (Wildman–Crippen MR) is 265 cm³/mol. The Kier molecular flexibility index (Phi) is 6.71. The Morgan fingerprint density at radius 2 is 1.33 bits per heavy atom. The van der Waals surface area contributed by atoms with Crippen LogP contribution in [-0.4, -0.2) is 14.1 Å². The Labute approximate surface area is 389 Å². The van der Waals surface area contributed by atoms with Gasteiger partial charge in [0.05, 0.1) is 47.1 Å². The Morgan fingerprint density at radius 3 is 2.11 bits per heavy atom. The first-order valence-corrected chi connectivity index (χ1v) is 21.7. The van der Waals surface area contributed by atoms with Crippen LogP contribution in [0.2, 0.25) is 0 Å². The molecular formula is C58H42N4OS. The van der Waals surface area contributed by atoms with Gasteiger partial charge in [-0.3, -0.25) is 13.7 Å². The lowest BCUT2D eigenvalue weighted by Crippen LogP contribution is -2.31. The van der Waals surface area contributed by atoms with Crippen molar-refractivity contribution in [1.29, 1.82) is 0 Å². The number of thiophene rings is 1. The topological polar surface area (TPSA) is 35.9 Å². The summed E-state index contributed by atoms with van der Waals surface area (Å²) < 4.78 is 102. The van der Waals surface area contributed by atoms with E-state index in [9.17, 15) is 0 Å². The molecule has 0 saturated heterocycles. The van der Waals surface area contributed by atoms with E-state index >= 15 is 0 Å². The maximum atomic E-state index is 9.04. The SMILES string of the molecule is [2H]c1c([2H])c([2H])c(-c2cccc(-c3c([2H])c([2H])c([2H])c([2H])c3[2H])c2-[n+]2[c-]n(-c3cccc(Oc4ccc5c6c7sc8ccccc8c7ccc6n(-c6cc(C(C)(C)C)ccn6)c5c4)c3)c3ccccc32)c([2H])c1[2H]. The normalized spacial score (nSPS) is 14.2. The molecule has 8 aromatic carbocycles. The second kappa shape index (κ2) is 14.9. The summed E-state index contributed by atoms with van der Waals surface area (Å²) >= 11 is 1.78. The molecule has 0 spiro atoms. The van der Waals surface area contributed by atoms with Gasteiger partial charge >= 0.3 is 0 Å². The number of para-hydroxylation sites is 3. The molecule has 5 nitrogen and oxygen atoms in total. The van der Waals surface area contributed by atoms with E-state index in [0.717, 1.165) is 33.2 Å². The summed E-state index contributed by atoms with van der Waals surface area (Å²) in [7, 11) is 0. The Hall–Kier alpha value is -7.80. The monoisotopic (exact) mass is 852 g/mol. The molecule has 0 unspecified atom stereocenters. The lowest BCUT2D eigenvalue weighted by atomic mass is 9.88. The third kappa shape index (κ3) is 6.29. The van der Waals surface area contributed by atoms with Crippen molar-refractivity contribution >= 4 is 64.3 Å². The van der Waals surface area contributed by atoms with E-state index < -0.39 is 60.4 Å². The lowest BCUT2D eigenvalue weighted by Gasteiger charge is -2.20. The van der Waals surface area contributed by atoms with Crippen LogP contribution in [-0.2, 0) is 5.41 Å². The quantitative estimate of drug-likeness (QED) is 0.118. The summed E-state index contributed by atoms with van der Waals surface area (Å²) in [6, 6.07) is 37.7. The number of hydrogen-bond acceptors (Lipinski definition) is 3. The van der Waals surface area contributed by atoms with Gasteiger partial charge in [0.25, 0.3) is 6.33 Å². The van der Waals surface area contributed by atoms with Crippen LogP contribution in [0, 0.1) is 6.33 Å². The maximum absolute atomic E-state index is 9.04. The molecule has 0 radical (unpaired) electrons. The van der Waals surface area contributed by atoms with Crippen LogP contribution in [0.4, 0.5) is 0 Å². The number of pyridine rings is 1. The van der Waals surface area contributed by atoms with E-state index in [4.69, 9.17) is 23.4 Å². The van der Waals surface area contributed by atoms with Crippen molar-refractivity contribution in [3.8, 4) is 50.9 Å². The van der Waals surface area contributed by atoms with Crippen LogP contribution in [0.5, 0.6) is 11.5 Å². The summed E-state index contributed by atoms with van der Waals surface area (Å²) in [5, 5.41) is 4.62. The van der Waals surface area contributed by atoms with E-state index in [1.807, 2.05) is 66.9 Å². The Balaban J connectivity index is 1.03. The van der Waals surface area contributed by atoms with Gasteiger partial charge in [0, 0.05) is 43.2 Å². The lowest BCUT2D eigenvalue weighted by molar-refractivity contribution is -0.571. The molecule has 0 saturated carbocycles. The summed E-state index contributed by atoms with van der Waals surface area (Å²) in [6.07, 6.45) is 5.33. The Bertz CT molecular complexity index is 4220. The van der Waals surface area contributed by atoms with Gasteiger partial charge in [-0.15, -0.1) is 11.3 Å². The van der Waals surface area contributed by atoms with Crippen LogP contribution in [0.1, 0.15) is 40.0 Å². The number of aromatic nitrogens is 4. The molecule has 12 rings (SSSR count). The fraction of sp³-hybridized carbons (Fsp3) is 0.0690. The van der Waals surface area contributed by atoms with E-state index in [-0.39, 0.29) is 33.4 Å². The zero-order valence-electron chi connectivity index (χ0n) is 44.9. The molecule has 64 heavy (non-hydrogen) atoms. The molecule has 0 aliphatic rings. The number of benzene rings is 8. The highest BCUT2D eigenvalue weighted by Crippen LogP contribution is 2.44. The number of imidazole rings is 1. The molecule has 0 atom stereocenters. The van der Waals surface area contributed by atoms with Gasteiger partial charge in [-0.2, -0.15) is 0 Å². The second-order valence-electron chi connectivity index (χ2n) is 16.7. The number of rotatable bonds is 7. The van der Waals surface area contributed by atoms with Crippen LogP contribution in [0.25, 0.3) is 92.5 Å². The number of ether oxygens (including phenoxy) is 1. The van der Waals surface area contributed by atoms with Crippen molar-refractivity contribution < 1.29 is 23.0 Å². The van der Waals surface area contributed by atoms with Gasteiger partial charge in [-0.05, 0) is 87.8 Å². The summed E-state index contributed by atoms with van der Waals surface area (Å²) in [4.78, 5) is 4.94.